The Bertz CT molecular complexity index is 541. The third-order valence-corrected chi connectivity index (χ3v) is 4.20. The van der Waals surface area contributed by atoms with Crippen molar-refractivity contribution in [3.63, 3.8) is 0 Å². The van der Waals surface area contributed by atoms with Crippen LogP contribution in [0.4, 0.5) is 4.79 Å². The van der Waals surface area contributed by atoms with Gasteiger partial charge in [-0.15, -0.1) is 0 Å². The van der Waals surface area contributed by atoms with Gasteiger partial charge in [-0.3, -0.25) is 0 Å². The second-order valence-corrected chi connectivity index (χ2v) is 6.62. The quantitative estimate of drug-likeness (QED) is 0.643. The average Bonchev–Trinajstić information content (AvgIpc) is 3.19. The van der Waals surface area contributed by atoms with Gasteiger partial charge in [-0.05, 0) is 18.4 Å². The maximum Gasteiger partial charge on any atom is 0.315 e. The molecule has 0 aliphatic heterocycles. The van der Waals surface area contributed by atoms with E-state index in [0.29, 0.717) is 6.04 Å². The van der Waals surface area contributed by atoms with Crippen LogP contribution >= 0.6 is 0 Å². The maximum absolute atomic E-state index is 11.8. The summed E-state index contributed by atoms with van der Waals surface area (Å²) in [6.45, 7) is 0.458. The first kappa shape index (κ1) is 14.8. The van der Waals surface area contributed by atoms with Crippen LogP contribution in [0.2, 0.25) is 0 Å². The molecule has 1 aromatic carbocycles. The van der Waals surface area contributed by atoms with Gasteiger partial charge in [0.2, 0.25) is 10.0 Å². The Labute approximate surface area is 119 Å². The Hall–Kier alpha value is -1.60. The van der Waals surface area contributed by atoms with Crippen molar-refractivity contribution in [2.75, 3.05) is 13.1 Å². The molecule has 1 aliphatic rings. The molecule has 0 atom stereocenters. The van der Waals surface area contributed by atoms with Crippen LogP contribution in [0.5, 0.6) is 0 Å². The second kappa shape index (κ2) is 6.71. The number of benzene rings is 1. The third-order valence-electron chi connectivity index (χ3n) is 2.84. The summed E-state index contributed by atoms with van der Waals surface area (Å²) in [5.41, 5.74) is 0.736. The van der Waals surface area contributed by atoms with Gasteiger partial charge < -0.3 is 10.6 Å². The van der Waals surface area contributed by atoms with E-state index in [0.717, 1.165) is 18.4 Å². The number of carbonyl (C=O) groups is 1. The summed E-state index contributed by atoms with van der Waals surface area (Å²) < 4.78 is 26.0. The predicted molar refractivity (Wildman–Crippen MR) is 76.6 cm³/mol. The number of rotatable bonds is 7. The molecule has 2 amide bonds. The molecule has 0 bridgehead atoms. The minimum Gasteiger partial charge on any atom is -0.337 e. The molecule has 3 N–H and O–H groups in total. The lowest BCUT2D eigenvalue weighted by Crippen LogP contribution is -2.41. The molecule has 0 radical (unpaired) electrons. The molecular weight excluding hydrogens is 278 g/mol. The molecule has 20 heavy (non-hydrogen) atoms. The number of hydrogen-bond donors (Lipinski definition) is 3. The zero-order valence-electron chi connectivity index (χ0n) is 11.1. The summed E-state index contributed by atoms with van der Waals surface area (Å²) in [6, 6.07) is 9.02. The first-order chi connectivity index (χ1) is 9.55. The SMILES string of the molecule is O=C(NCCNS(=O)(=O)Cc1ccccc1)NC1CC1. The molecule has 0 saturated heterocycles. The van der Waals surface area contributed by atoms with Gasteiger partial charge in [-0.25, -0.2) is 17.9 Å². The van der Waals surface area contributed by atoms with Gasteiger partial charge >= 0.3 is 6.03 Å². The van der Waals surface area contributed by atoms with E-state index in [9.17, 15) is 13.2 Å². The lowest BCUT2D eigenvalue weighted by molar-refractivity contribution is 0.240. The summed E-state index contributed by atoms with van der Waals surface area (Å²) in [5.74, 6) is -0.0535. The Balaban J connectivity index is 1.65. The molecule has 6 nitrogen and oxygen atoms in total. The third kappa shape index (κ3) is 5.58. The Morgan fingerprint density at radius 2 is 1.85 bits per heavy atom. The van der Waals surface area contributed by atoms with E-state index in [1.54, 1.807) is 24.3 Å². The molecule has 110 valence electrons. The maximum atomic E-state index is 11.8. The molecule has 1 aliphatic carbocycles. The summed E-state index contributed by atoms with van der Waals surface area (Å²) in [4.78, 5) is 11.3. The van der Waals surface area contributed by atoms with Crippen molar-refractivity contribution in [2.24, 2.45) is 0 Å². The van der Waals surface area contributed by atoms with Gasteiger partial charge in [0.1, 0.15) is 0 Å². The van der Waals surface area contributed by atoms with Gasteiger partial charge in [0.15, 0.2) is 0 Å². The molecule has 0 unspecified atom stereocenters. The van der Waals surface area contributed by atoms with E-state index in [-0.39, 0.29) is 24.9 Å². The van der Waals surface area contributed by atoms with Gasteiger partial charge in [0, 0.05) is 19.1 Å². The summed E-state index contributed by atoms with van der Waals surface area (Å²) >= 11 is 0. The molecule has 7 heteroatoms. The topological polar surface area (TPSA) is 87.3 Å². The fraction of sp³-hybridized carbons (Fsp3) is 0.462. The molecule has 1 aromatic rings. The van der Waals surface area contributed by atoms with E-state index >= 15 is 0 Å². The highest BCUT2D eigenvalue weighted by Crippen LogP contribution is 2.18. The van der Waals surface area contributed by atoms with Crippen molar-refractivity contribution in [1.29, 1.82) is 0 Å². The standard InChI is InChI=1S/C13H19N3O3S/c17-13(16-12-6-7-12)14-8-9-15-20(18,19)10-11-4-2-1-3-5-11/h1-5,12,15H,6-10H2,(H2,14,16,17). The smallest absolute Gasteiger partial charge is 0.315 e. The average molecular weight is 297 g/mol. The summed E-state index contributed by atoms with van der Waals surface area (Å²) in [6.07, 6.45) is 2.05. The predicted octanol–water partition coefficient (Wildman–Crippen LogP) is 0.568. The molecule has 1 fully saturated rings. The van der Waals surface area contributed by atoms with Crippen LogP contribution in [0.15, 0.2) is 30.3 Å². The Kier molecular flexibility index (Phi) is 4.97. The highest BCUT2D eigenvalue weighted by molar-refractivity contribution is 7.88. The molecule has 0 spiro atoms. The lowest BCUT2D eigenvalue weighted by atomic mass is 10.2. The fourth-order valence-electron chi connectivity index (χ4n) is 1.69. The number of hydrogen-bond acceptors (Lipinski definition) is 3. The first-order valence-corrected chi connectivity index (χ1v) is 8.26. The van der Waals surface area contributed by atoms with Crippen LogP contribution in [0.1, 0.15) is 18.4 Å². The van der Waals surface area contributed by atoms with Crippen molar-refractivity contribution < 1.29 is 13.2 Å². The highest BCUT2D eigenvalue weighted by atomic mass is 32.2. The lowest BCUT2D eigenvalue weighted by Gasteiger charge is -2.08. The summed E-state index contributed by atoms with van der Waals surface area (Å²) in [5, 5.41) is 5.38. The molecular formula is C13H19N3O3S. The molecule has 0 heterocycles. The molecule has 2 rings (SSSR count). The number of amides is 2. The van der Waals surface area contributed by atoms with E-state index in [4.69, 9.17) is 0 Å². The molecule has 1 saturated carbocycles. The van der Waals surface area contributed by atoms with Crippen LogP contribution in [0.25, 0.3) is 0 Å². The van der Waals surface area contributed by atoms with Crippen molar-refractivity contribution in [1.82, 2.24) is 15.4 Å². The first-order valence-electron chi connectivity index (χ1n) is 6.61. The van der Waals surface area contributed by atoms with Gasteiger partial charge in [0.25, 0.3) is 0 Å². The zero-order valence-corrected chi connectivity index (χ0v) is 11.9. The van der Waals surface area contributed by atoms with Crippen LogP contribution in [-0.2, 0) is 15.8 Å². The van der Waals surface area contributed by atoms with Crippen LogP contribution < -0.4 is 15.4 Å². The number of nitrogens with one attached hydrogen (secondary N) is 3. The van der Waals surface area contributed by atoms with E-state index < -0.39 is 10.0 Å². The normalized spacial score (nSPS) is 14.8. The van der Waals surface area contributed by atoms with Crippen molar-refractivity contribution in [3.05, 3.63) is 35.9 Å². The minimum atomic E-state index is -3.36. The van der Waals surface area contributed by atoms with Crippen molar-refractivity contribution in [2.45, 2.75) is 24.6 Å². The zero-order chi connectivity index (χ0) is 14.4. The summed E-state index contributed by atoms with van der Waals surface area (Å²) in [7, 11) is -3.36. The fourth-order valence-corrected chi connectivity index (χ4v) is 2.84. The van der Waals surface area contributed by atoms with Crippen molar-refractivity contribution >= 4 is 16.1 Å². The van der Waals surface area contributed by atoms with Gasteiger partial charge in [-0.1, -0.05) is 30.3 Å². The van der Waals surface area contributed by atoms with Gasteiger partial charge in [0.05, 0.1) is 5.75 Å². The van der Waals surface area contributed by atoms with E-state index in [1.807, 2.05) is 6.07 Å². The van der Waals surface area contributed by atoms with Crippen molar-refractivity contribution in [3.8, 4) is 0 Å². The van der Waals surface area contributed by atoms with Crippen LogP contribution in [-0.4, -0.2) is 33.6 Å². The minimum absolute atomic E-state index is 0.0535. The Morgan fingerprint density at radius 1 is 1.15 bits per heavy atom. The second-order valence-electron chi connectivity index (χ2n) is 4.81. The monoisotopic (exact) mass is 297 g/mol. The number of sulfonamides is 1. The van der Waals surface area contributed by atoms with Crippen LogP contribution in [0.3, 0.4) is 0 Å². The Morgan fingerprint density at radius 3 is 2.50 bits per heavy atom. The van der Waals surface area contributed by atoms with E-state index in [1.165, 1.54) is 0 Å². The number of carbonyl (C=O) groups excluding carboxylic acids is 1. The van der Waals surface area contributed by atoms with Crippen LogP contribution in [0, 0.1) is 0 Å². The van der Waals surface area contributed by atoms with Gasteiger partial charge in [-0.2, -0.15) is 0 Å². The molecule has 0 aromatic heterocycles. The number of urea groups is 1. The van der Waals surface area contributed by atoms with E-state index in [2.05, 4.69) is 15.4 Å². The highest BCUT2D eigenvalue weighted by Gasteiger charge is 2.22. The largest absolute Gasteiger partial charge is 0.337 e.